The molecule has 0 aromatic heterocycles. The number of hydrogen-bond donors (Lipinski definition) is 0. The van der Waals surface area contributed by atoms with Gasteiger partial charge in [0.1, 0.15) is 7.28 Å². The van der Waals surface area contributed by atoms with Crippen LogP contribution in [0.2, 0.25) is 6.82 Å². The van der Waals surface area contributed by atoms with Crippen LogP contribution in [0.25, 0.3) is 22.3 Å². The summed E-state index contributed by atoms with van der Waals surface area (Å²) < 4.78 is 26.9. The summed E-state index contributed by atoms with van der Waals surface area (Å²) in [5.74, 6) is 4.96. The highest BCUT2D eigenvalue weighted by Gasteiger charge is 2.53. The van der Waals surface area contributed by atoms with E-state index in [9.17, 15) is 0 Å². The molecule has 4 nitrogen and oxygen atoms in total. The minimum Gasteiger partial charge on any atom is -0.489 e. The summed E-state index contributed by atoms with van der Waals surface area (Å²) >= 11 is 0. The molecule has 0 saturated heterocycles. The van der Waals surface area contributed by atoms with Gasteiger partial charge in [0, 0.05) is 0 Å². The lowest BCUT2D eigenvalue weighted by Gasteiger charge is -2.32. The van der Waals surface area contributed by atoms with E-state index in [0.717, 1.165) is 59.8 Å². The van der Waals surface area contributed by atoms with Gasteiger partial charge in [-0.2, -0.15) is 0 Å². The normalized spacial score (nSPS) is 17.4. The highest BCUT2D eigenvalue weighted by molar-refractivity contribution is 6.52. The van der Waals surface area contributed by atoms with Crippen molar-refractivity contribution in [2.75, 3.05) is 26.4 Å². The molecule has 2 aliphatic carbocycles. The number of ether oxygens (including phenoxy) is 4. The van der Waals surface area contributed by atoms with Crippen LogP contribution >= 0.6 is 0 Å². The van der Waals surface area contributed by atoms with Gasteiger partial charge in [0.2, 0.25) is 0 Å². The van der Waals surface area contributed by atoms with E-state index in [0.29, 0.717) is 50.1 Å². The van der Waals surface area contributed by atoms with Crippen LogP contribution in [0, 0.1) is 30.6 Å². The maximum atomic E-state index is 6.75. The van der Waals surface area contributed by atoms with Gasteiger partial charge in [-0.05, 0) is 99.4 Å². The van der Waals surface area contributed by atoms with Crippen LogP contribution in [0.4, 0.5) is 0 Å². The fraction of sp³-hybridized carbons (Fsp3) is 0.489. The summed E-state index contributed by atoms with van der Waals surface area (Å²) in [5.41, 5.74) is 11.8. The van der Waals surface area contributed by atoms with Crippen molar-refractivity contribution >= 4 is 12.7 Å². The Morgan fingerprint density at radius 2 is 0.846 bits per heavy atom. The van der Waals surface area contributed by atoms with Crippen molar-refractivity contribution in [1.82, 2.24) is 0 Å². The van der Waals surface area contributed by atoms with E-state index >= 15 is 0 Å². The fourth-order valence-electron chi connectivity index (χ4n) is 7.40. The lowest BCUT2D eigenvalue weighted by molar-refractivity contribution is 0.217. The molecule has 0 amide bonds. The Morgan fingerprint density at radius 3 is 1.25 bits per heavy atom. The Labute approximate surface area is 314 Å². The van der Waals surface area contributed by atoms with Crippen LogP contribution in [0.3, 0.4) is 0 Å². The van der Waals surface area contributed by atoms with Gasteiger partial charge in [-0.25, -0.2) is 0 Å². The van der Waals surface area contributed by atoms with Crippen molar-refractivity contribution in [2.45, 2.75) is 100 Å². The molecular formula is C47H60BO4. The topological polar surface area (TPSA) is 36.9 Å². The van der Waals surface area contributed by atoms with E-state index in [2.05, 4.69) is 137 Å². The molecule has 4 unspecified atom stereocenters. The van der Waals surface area contributed by atoms with Crippen molar-refractivity contribution in [3.05, 3.63) is 88.5 Å². The van der Waals surface area contributed by atoms with Crippen LogP contribution in [-0.4, -0.2) is 33.7 Å². The molecule has 4 atom stereocenters. The highest BCUT2D eigenvalue weighted by Crippen LogP contribution is 2.65. The van der Waals surface area contributed by atoms with Gasteiger partial charge < -0.3 is 18.9 Å². The van der Waals surface area contributed by atoms with E-state index in [1.54, 1.807) is 0 Å². The number of hydrogen-bond acceptors (Lipinski definition) is 4. The molecule has 275 valence electrons. The van der Waals surface area contributed by atoms with Gasteiger partial charge in [-0.1, -0.05) is 135 Å². The second-order valence-corrected chi connectivity index (χ2v) is 15.9. The van der Waals surface area contributed by atoms with E-state index in [1.165, 1.54) is 44.4 Å². The lowest BCUT2D eigenvalue weighted by Crippen LogP contribution is -2.28. The first-order chi connectivity index (χ1) is 25.1. The Bertz CT molecular complexity index is 1800. The number of fused-ring (bicyclic) bond motifs is 10. The first-order valence-electron chi connectivity index (χ1n) is 20.0. The Balaban J connectivity index is 1.68. The first-order valence-corrected chi connectivity index (χ1v) is 20.0. The largest absolute Gasteiger partial charge is 0.489 e. The van der Waals surface area contributed by atoms with Crippen molar-refractivity contribution in [3.8, 4) is 45.3 Å². The van der Waals surface area contributed by atoms with Gasteiger partial charge in [-0.3, -0.25) is 0 Å². The maximum absolute atomic E-state index is 6.75. The summed E-state index contributed by atoms with van der Waals surface area (Å²) in [7, 11) is 2.21. The summed E-state index contributed by atoms with van der Waals surface area (Å²) in [4.78, 5) is 0. The predicted octanol–water partition coefficient (Wildman–Crippen LogP) is 11.4. The molecular weight excluding hydrogens is 639 g/mol. The van der Waals surface area contributed by atoms with E-state index < -0.39 is 5.41 Å². The standard InChI is InChI=1S/C47H60BO4/c1-11-29(5)25-49-43-21-37-38-22-44(50-26-30(6)12-2)46(52-28-32(8)14-4)24-42(38)47(41(37)23-45(43)51-27-31(7)13-3)39-19-33(9)15-17-35(39)36-18-16-34(48-10)20-40(36)47/h15-24,29-32H,11-14,25-28H2,1-10H3. The minimum atomic E-state index is -0.576. The number of benzene rings is 4. The van der Waals surface area contributed by atoms with Crippen LogP contribution in [-0.2, 0) is 5.41 Å². The molecule has 1 radical (unpaired) electrons. The van der Waals surface area contributed by atoms with Gasteiger partial charge in [0.05, 0.1) is 31.8 Å². The average Bonchev–Trinajstić information content (AvgIpc) is 3.60. The molecule has 6 rings (SSSR count). The number of aryl methyl sites for hydroxylation is 1. The van der Waals surface area contributed by atoms with E-state index in [4.69, 9.17) is 18.9 Å². The van der Waals surface area contributed by atoms with Crippen molar-refractivity contribution in [3.63, 3.8) is 0 Å². The number of rotatable bonds is 17. The van der Waals surface area contributed by atoms with Gasteiger partial charge in [-0.15, -0.1) is 0 Å². The summed E-state index contributed by atoms with van der Waals surface area (Å²) in [6, 6.07) is 23.1. The molecule has 1 spiro atoms. The summed E-state index contributed by atoms with van der Waals surface area (Å²) in [5, 5.41) is 0. The van der Waals surface area contributed by atoms with Crippen molar-refractivity contribution < 1.29 is 18.9 Å². The molecule has 0 fully saturated rings. The zero-order valence-corrected chi connectivity index (χ0v) is 33.5. The molecule has 4 aromatic carbocycles. The van der Waals surface area contributed by atoms with Crippen LogP contribution < -0.4 is 24.4 Å². The zero-order chi connectivity index (χ0) is 37.2. The predicted molar refractivity (Wildman–Crippen MR) is 219 cm³/mol. The Morgan fingerprint density at radius 1 is 0.481 bits per heavy atom. The smallest absolute Gasteiger partial charge is 0.161 e. The molecule has 4 aromatic rings. The monoisotopic (exact) mass is 699 g/mol. The Hall–Kier alpha value is -3.86. The van der Waals surface area contributed by atoms with Crippen molar-refractivity contribution in [1.29, 1.82) is 0 Å². The molecule has 0 bridgehead atoms. The van der Waals surface area contributed by atoms with Crippen LogP contribution in [0.1, 0.15) is 109 Å². The molecule has 0 N–H and O–H groups in total. The molecule has 0 aliphatic heterocycles. The second kappa shape index (κ2) is 16.0. The highest BCUT2D eigenvalue weighted by atomic mass is 16.5. The summed E-state index contributed by atoms with van der Waals surface area (Å²) in [6.07, 6.45) is 4.22. The molecule has 52 heavy (non-hydrogen) atoms. The maximum Gasteiger partial charge on any atom is 0.161 e. The second-order valence-electron chi connectivity index (χ2n) is 15.9. The molecule has 0 heterocycles. The third-order valence-electron chi connectivity index (χ3n) is 11.8. The average molecular weight is 700 g/mol. The van der Waals surface area contributed by atoms with Gasteiger partial charge in [0.25, 0.3) is 0 Å². The van der Waals surface area contributed by atoms with Gasteiger partial charge in [0.15, 0.2) is 23.0 Å². The van der Waals surface area contributed by atoms with Crippen molar-refractivity contribution in [2.24, 2.45) is 23.7 Å². The van der Waals surface area contributed by atoms with E-state index in [1.807, 2.05) is 0 Å². The summed E-state index contributed by atoms with van der Waals surface area (Å²) in [6.45, 7) is 24.8. The minimum absolute atomic E-state index is 0.426. The van der Waals surface area contributed by atoms with Crippen LogP contribution in [0.5, 0.6) is 23.0 Å². The van der Waals surface area contributed by atoms with E-state index in [-0.39, 0.29) is 0 Å². The van der Waals surface area contributed by atoms with Crippen LogP contribution in [0.15, 0.2) is 60.7 Å². The SMILES string of the molecule is C[B]c1ccc2c(c1)C1(c3cc(C)ccc3-2)c2cc(OCC(C)CC)c(OCC(C)CC)cc2-c2cc(OCC(C)CC)c(OCC(C)CC)cc21. The molecule has 0 saturated carbocycles. The quantitative estimate of drug-likeness (QED) is 0.0888. The lowest BCUT2D eigenvalue weighted by atomic mass is 9.67. The third-order valence-corrected chi connectivity index (χ3v) is 11.8. The zero-order valence-electron chi connectivity index (χ0n) is 33.5. The Kier molecular flexibility index (Phi) is 11.7. The van der Waals surface area contributed by atoms with Gasteiger partial charge >= 0.3 is 0 Å². The molecule has 5 heteroatoms. The fourth-order valence-corrected chi connectivity index (χ4v) is 7.40. The first kappa shape index (κ1) is 37.9. The molecule has 2 aliphatic rings. The third kappa shape index (κ3) is 6.97.